The van der Waals surface area contributed by atoms with Crippen molar-refractivity contribution in [3.63, 3.8) is 0 Å². The molecule has 0 aliphatic carbocycles. The number of benzene rings is 1. The normalized spacial score (nSPS) is 35.2. The van der Waals surface area contributed by atoms with Gasteiger partial charge >= 0.3 is 0 Å². The van der Waals surface area contributed by atoms with Gasteiger partial charge < -0.3 is 18.9 Å². The molecule has 0 aromatic heterocycles. The molecule has 0 amide bonds. The van der Waals surface area contributed by atoms with Gasteiger partial charge in [0.1, 0.15) is 12.2 Å². The molecule has 18 heavy (non-hydrogen) atoms. The van der Waals surface area contributed by atoms with Crippen molar-refractivity contribution in [1.82, 2.24) is 0 Å². The molecular formula is C14H16O4. The number of hydrogen-bond donors (Lipinski definition) is 0. The molecule has 0 spiro atoms. The van der Waals surface area contributed by atoms with Crippen LogP contribution in [-0.2, 0) is 18.9 Å². The second-order valence-corrected chi connectivity index (χ2v) is 4.34. The van der Waals surface area contributed by atoms with E-state index in [1.807, 2.05) is 42.5 Å². The van der Waals surface area contributed by atoms with Crippen LogP contribution in [0.15, 0.2) is 42.5 Å². The van der Waals surface area contributed by atoms with Crippen molar-refractivity contribution < 1.29 is 18.9 Å². The van der Waals surface area contributed by atoms with Crippen LogP contribution in [0.25, 0.3) is 0 Å². The van der Waals surface area contributed by atoms with E-state index in [0.29, 0.717) is 6.61 Å². The SMILES string of the molecule is CO[C@@H]1C=C[C@@H]2O[C@@H](c3ccccc3)OC[C@@H]2O1. The van der Waals surface area contributed by atoms with Crippen LogP contribution in [-0.4, -0.2) is 32.2 Å². The molecule has 1 fully saturated rings. The lowest BCUT2D eigenvalue weighted by molar-refractivity contribution is -0.280. The summed E-state index contributed by atoms with van der Waals surface area (Å²) in [5.41, 5.74) is 1.03. The molecule has 1 aromatic rings. The molecule has 2 aliphatic heterocycles. The zero-order valence-corrected chi connectivity index (χ0v) is 10.2. The van der Waals surface area contributed by atoms with E-state index in [2.05, 4.69) is 0 Å². The van der Waals surface area contributed by atoms with E-state index < -0.39 is 0 Å². The van der Waals surface area contributed by atoms with Crippen LogP contribution in [0.3, 0.4) is 0 Å². The maximum absolute atomic E-state index is 5.88. The lowest BCUT2D eigenvalue weighted by atomic mass is 10.1. The Hall–Kier alpha value is -1.20. The quantitative estimate of drug-likeness (QED) is 0.750. The van der Waals surface area contributed by atoms with Gasteiger partial charge in [0.2, 0.25) is 0 Å². The standard InChI is InChI=1S/C14H16O4/c1-15-13-8-7-11-12(17-13)9-16-14(18-11)10-5-3-2-4-6-10/h2-8,11-14H,9H2,1H3/t11-,12-,13-,14-/m0/s1. The van der Waals surface area contributed by atoms with E-state index in [9.17, 15) is 0 Å². The molecule has 96 valence electrons. The predicted octanol–water partition coefficient (Wildman–Crippen LogP) is 2.03. The summed E-state index contributed by atoms with van der Waals surface area (Å²) in [4.78, 5) is 0. The molecule has 4 heteroatoms. The Labute approximate surface area is 106 Å². The highest BCUT2D eigenvalue weighted by Crippen LogP contribution is 2.30. The number of ether oxygens (including phenoxy) is 4. The van der Waals surface area contributed by atoms with Gasteiger partial charge in [-0.1, -0.05) is 36.4 Å². The van der Waals surface area contributed by atoms with Crippen molar-refractivity contribution >= 4 is 0 Å². The Morgan fingerprint density at radius 1 is 1.11 bits per heavy atom. The van der Waals surface area contributed by atoms with E-state index >= 15 is 0 Å². The van der Waals surface area contributed by atoms with E-state index in [-0.39, 0.29) is 24.8 Å². The molecule has 0 saturated carbocycles. The zero-order valence-electron chi connectivity index (χ0n) is 10.2. The fraction of sp³-hybridized carbons (Fsp3) is 0.429. The molecular weight excluding hydrogens is 232 g/mol. The molecule has 0 N–H and O–H groups in total. The summed E-state index contributed by atoms with van der Waals surface area (Å²) < 4.78 is 22.4. The molecule has 1 aromatic carbocycles. The Kier molecular flexibility index (Phi) is 3.43. The highest BCUT2D eigenvalue weighted by Gasteiger charge is 2.35. The van der Waals surface area contributed by atoms with Crippen LogP contribution >= 0.6 is 0 Å². The van der Waals surface area contributed by atoms with E-state index in [0.717, 1.165) is 5.56 Å². The molecule has 0 radical (unpaired) electrons. The Bertz CT molecular complexity index is 417. The Morgan fingerprint density at radius 3 is 2.72 bits per heavy atom. The van der Waals surface area contributed by atoms with Gasteiger partial charge in [0.15, 0.2) is 12.6 Å². The van der Waals surface area contributed by atoms with E-state index in [1.54, 1.807) is 7.11 Å². The number of methoxy groups -OCH3 is 1. The third-order valence-electron chi connectivity index (χ3n) is 3.13. The molecule has 2 heterocycles. The van der Waals surface area contributed by atoms with Crippen LogP contribution in [0.2, 0.25) is 0 Å². The maximum Gasteiger partial charge on any atom is 0.184 e. The van der Waals surface area contributed by atoms with Gasteiger partial charge in [0.05, 0.1) is 6.61 Å². The summed E-state index contributed by atoms with van der Waals surface area (Å²) in [7, 11) is 1.62. The first-order valence-electron chi connectivity index (χ1n) is 6.05. The summed E-state index contributed by atoms with van der Waals surface area (Å²) in [5.74, 6) is 0. The summed E-state index contributed by atoms with van der Waals surface area (Å²) in [6.07, 6.45) is 3.07. The van der Waals surface area contributed by atoms with Crippen molar-refractivity contribution in [2.24, 2.45) is 0 Å². The zero-order chi connectivity index (χ0) is 12.4. The second kappa shape index (κ2) is 5.20. The topological polar surface area (TPSA) is 36.9 Å². The summed E-state index contributed by atoms with van der Waals surface area (Å²) >= 11 is 0. The summed E-state index contributed by atoms with van der Waals surface area (Å²) in [5, 5.41) is 0. The molecule has 4 nitrogen and oxygen atoms in total. The predicted molar refractivity (Wildman–Crippen MR) is 64.8 cm³/mol. The first kappa shape index (κ1) is 11.9. The van der Waals surface area contributed by atoms with Gasteiger partial charge in [0, 0.05) is 12.7 Å². The smallest absolute Gasteiger partial charge is 0.184 e. The minimum atomic E-state index is -0.320. The van der Waals surface area contributed by atoms with Gasteiger partial charge in [-0.3, -0.25) is 0 Å². The summed E-state index contributed by atoms with van der Waals surface area (Å²) in [6, 6.07) is 9.92. The van der Waals surface area contributed by atoms with E-state index in [4.69, 9.17) is 18.9 Å². The van der Waals surface area contributed by atoms with Crippen molar-refractivity contribution in [2.45, 2.75) is 24.8 Å². The second-order valence-electron chi connectivity index (χ2n) is 4.34. The third-order valence-corrected chi connectivity index (χ3v) is 3.13. The molecule has 2 aliphatic rings. The molecule has 1 saturated heterocycles. The van der Waals surface area contributed by atoms with Crippen LogP contribution in [0.1, 0.15) is 11.9 Å². The van der Waals surface area contributed by atoms with Crippen molar-refractivity contribution in [1.29, 1.82) is 0 Å². The molecule has 3 rings (SSSR count). The minimum absolute atomic E-state index is 0.0737. The highest BCUT2D eigenvalue weighted by atomic mass is 16.7. The lowest BCUT2D eigenvalue weighted by Gasteiger charge is -2.38. The molecule has 0 bridgehead atoms. The summed E-state index contributed by atoms with van der Waals surface area (Å²) in [6.45, 7) is 0.508. The maximum atomic E-state index is 5.88. The monoisotopic (exact) mass is 248 g/mol. The first-order chi connectivity index (χ1) is 8.86. The van der Waals surface area contributed by atoms with Crippen LogP contribution < -0.4 is 0 Å². The highest BCUT2D eigenvalue weighted by molar-refractivity contribution is 5.17. The van der Waals surface area contributed by atoms with Crippen molar-refractivity contribution in [3.05, 3.63) is 48.0 Å². The Balaban J connectivity index is 1.71. The average molecular weight is 248 g/mol. The number of rotatable bonds is 2. The van der Waals surface area contributed by atoms with Crippen molar-refractivity contribution in [3.8, 4) is 0 Å². The van der Waals surface area contributed by atoms with Crippen LogP contribution in [0.4, 0.5) is 0 Å². The Morgan fingerprint density at radius 2 is 1.94 bits per heavy atom. The molecule has 0 unspecified atom stereocenters. The van der Waals surface area contributed by atoms with Crippen LogP contribution in [0, 0.1) is 0 Å². The number of fused-ring (bicyclic) bond motifs is 1. The van der Waals surface area contributed by atoms with Gasteiger partial charge in [-0.15, -0.1) is 0 Å². The lowest BCUT2D eigenvalue weighted by Crippen LogP contribution is -2.45. The minimum Gasteiger partial charge on any atom is -0.352 e. The fourth-order valence-electron chi connectivity index (χ4n) is 2.17. The fourth-order valence-corrected chi connectivity index (χ4v) is 2.17. The van der Waals surface area contributed by atoms with Gasteiger partial charge in [-0.05, 0) is 6.08 Å². The number of hydrogen-bond acceptors (Lipinski definition) is 4. The van der Waals surface area contributed by atoms with Gasteiger partial charge in [0.25, 0.3) is 0 Å². The first-order valence-corrected chi connectivity index (χ1v) is 6.05. The van der Waals surface area contributed by atoms with E-state index in [1.165, 1.54) is 0 Å². The van der Waals surface area contributed by atoms with Gasteiger partial charge in [-0.25, -0.2) is 0 Å². The van der Waals surface area contributed by atoms with Gasteiger partial charge in [-0.2, -0.15) is 0 Å². The van der Waals surface area contributed by atoms with Crippen molar-refractivity contribution in [2.75, 3.05) is 13.7 Å². The molecule has 4 atom stereocenters. The average Bonchev–Trinajstić information content (AvgIpc) is 2.47. The largest absolute Gasteiger partial charge is 0.352 e. The third kappa shape index (κ3) is 2.33. The van der Waals surface area contributed by atoms with Crippen LogP contribution in [0.5, 0.6) is 0 Å².